The van der Waals surface area contributed by atoms with Gasteiger partial charge in [-0.3, -0.25) is 4.79 Å². The zero-order valence-corrected chi connectivity index (χ0v) is 15.8. The lowest BCUT2D eigenvalue weighted by Crippen LogP contribution is -2.34. The van der Waals surface area contributed by atoms with E-state index in [9.17, 15) is 13.2 Å². The Morgan fingerprint density at radius 1 is 1.22 bits per heavy atom. The first-order chi connectivity index (χ1) is 12.9. The molecule has 1 unspecified atom stereocenters. The predicted molar refractivity (Wildman–Crippen MR) is 102 cm³/mol. The summed E-state index contributed by atoms with van der Waals surface area (Å²) in [5, 5.41) is 0.727. The first-order valence-electron chi connectivity index (χ1n) is 8.39. The van der Waals surface area contributed by atoms with Crippen LogP contribution >= 0.6 is 11.6 Å². The van der Waals surface area contributed by atoms with Gasteiger partial charge in [-0.25, -0.2) is 17.4 Å². The fourth-order valence-electron chi connectivity index (χ4n) is 3.34. The van der Waals surface area contributed by atoms with Crippen molar-refractivity contribution >= 4 is 38.4 Å². The lowest BCUT2D eigenvalue weighted by atomic mass is 10.3. The highest BCUT2D eigenvalue weighted by Crippen LogP contribution is 2.30. The largest absolute Gasteiger partial charge is 0.335 e. The zero-order chi connectivity index (χ0) is 19.2. The Bertz CT molecular complexity index is 1130. The summed E-state index contributed by atoms with van der Waals surface area (Å²) in [6.07, 6.45) is 2.01. The number of amides is 1. The predicted octanol–water partition coefficient (Wildman–Crippen LogP) is 1.99. The van der Waals surface area contributed by atoms with E-state index in [1.807, 2.05) is 0 Å². The number of aromatic nitrogens is 2. The van der Waals surface area contributed by atoms with Crippen LogP contribution in [0.4, 0.5) is 0 Å². The van der Waals surface area contributed by atoms with E-state index < -0.39 is 16.1 Å². The van der Waals surface area contributed by atoms with E-state index in [1.165, 1.54) is 22.3 Å². The van der Waals surface area contributed by atoms with Crippen LogP contribution in [0.25, 0.3) is 10.9 Å². The first kappa shape index (κ1) is 18.0. The van der Waals surface area contributed by atoms with E-state index in [0.717, 1.165) is 0 Å². The number of halogens is 1. The van der Waals surface area contributed by atoms with Crippen molar-refractivity contribution in [3.63, 3.8) is 0 Å². The average Bonchev–Trinajstić information content (AvgIpc) is 3.19. The zero-order valence-electron chi connectivity index (χ0n) is 14.2. The van der Waals surface area contributed by atoms with Crippen LogP contribution in [0.5, 0.6) is 0 Å². The fraction of sp³-hybridized carbons (Fsp3) is 0.222. The van der Waals surface area contributed by atoms with Crippen molar-refractivity contribution in [1.82, 2.24) is 13.9 Å². The van der Waals surface area contributed by atoms with Gasteiger partial charge in [0.05, 0.1) is 28.7 Å². The minimum absolute atomic E-state index is 0.129. The molecule has 4 rings (SSSR count). The van der Waals surface area contributed by atoms with E-state index in [4.69, 9.17) is 17.3 Å². The van der Waals surface area contributed by atoms with Gasteiger partial charge in [0, 0.05) is 18.1 Å². The molecule has 0 aliphatic carbocycles. The highest BCUT2D eigenvalue weighted by Gasteiger charge is 2.31. The standard InChI is InChI=1S/C18H17ClN4O3S/c19-17-14-10-12(11-22-9-7-15(20)18(22)24)23(16(14)6-8-21-17)27(25,26)13-4-2-1-3-5-13/h1-6,8,10,15H,7,9,11,20H2. The summed E-state index contributed by atoms with van der Waals surface area (Å²) in [4.78, 5) is 18.0. The van der Waals surface area contributed by atoms with Gasteiger partial charge < -0.3 is 10.6 Å². The van der Waals surface area contributed by atoms with Crippen LogP contribution in [-0.2, 0) is 21.4 Å². The molecule has 1 fully saturated rings. The van der Waals surface area contributed by atoms with Gasteiger partial charge in [-0.1, -0.05) is 29.8 Å². The second kappa shape index (κ2) is 6.63. The third-order valence-electron chi connectivity index (χ3n) is 4.68. The van der Waals surface area contributed by atoms with Crippen molar-refractivity contribution in [3.05, 3.63) is 59.5 Å². The van der Waals surface area contributed by atoms with Gasteiger partial charge in [-0.15, -0.1) is 0 Å². The second-order valence-electron chi connectivity index (χ2n) is 6.41. The van der Waals surface area contributed by atoms with Crippen molar-refractivity contribution < 1.29 is 13.2 Å². The normalized spacial score (nSPS) is 17.8. The Morgan fingerprint density at radius 3 is 2.63 bits per heavy atom. The quantitative estimate of drug-likeness (QED) is 0.670. The molecule has 2 N–H and O–H groups in total. The molecule has 1 amide bonds. The van der Waals surface area contributed by atoms with Crippen LogP contribution < -0.4 is 5.73 Å². The number of hydrogen-bond donors (Lipinski definition) is 1. The smallest absolute Gasteiger partial charge is 0.268 e. The molecular weight excluding hydrogens is 388 g/mol. The summed E-state index contributed by atoms with van der Waals surface area (Å²) in [5.41, 5.74) is 6.65. The Morgan fingerprint density at radius 2 is 1.96 bits per heavy atom. The van der Waals surface area contributed by atoms with Gasteiger partial charge in [0.25, 0.3) is 10.0 Å². The molecule has 0 spiro atoms. The number of carbonyl (C=O) groups excluding carboxylic acids is 1. The van der Waals surface area contributed by atoms with Crippen LogP contribution in [-0.4, -0.2) is 40.8 Å². The molecule has 1 saturated heterocycles. The molecule has 2 aromatic heterocycles. The second-order valence-corrected chi connectivity index (χ2v) is 8.55. The van der Waals surface area contributed by atoms with Gasteiger partial charge in [0.15, 0.2) is 0 Å². The number of hydrogen-bond acceptors (Lipinski definition) is 5. The fourth-order valence-corrected chi connectivity index (χ4v) is 5.09. The maximum atomic E-state index is 13.3. The van der Waals surface area contributed by atoms with Crippen molar-refractivity contribution in [3.8, 4) is 0 Å². The summed E-state index contributed by atoms with van der Waals surface area (Å²) >= 11 is 6.19. The van der Waals surface area contributed by atoms with Gasteiger partial charge >= 0.3 is 0 Å². The molecule has 1 aliphatic heterocycles. The molecule has 1 aromatic carbocycles. The van der Waals surface area contributed by atoms with Crippen molar-refractivity contribution in [2.24, 2.45) is 5.73 Å². The maximum Gasteiger partial charge on any atom is 0.268 e. The Kier molecular flexibility index (Phi) is 4.41. The molecule has 3 heterocycles. The van der Waals surface area contributed by atoms with Gasteiger partial charge in [0.1, 0.15) is 5.15 Å². The van der Waals surface area contributed by atoms with E-state index in [-0.39, 0.29) is 22.5 Å². The lowest BCUT2D eigenvalue weighted by Gasteiger charge is -2.18. The lowest BCUT2D eigenvalue weighted by molar-refractivity contribution is -0.129. The number of rotatable bonds is 4. The molecule has 9 heteroatoms. The number of benzene rings is 1. The molecular formula is C18H17ClN4O3S. The minimum Gasteiger partial charge on any atom is -0.335 e. The number of nitrogens with two attached hydrogens (primary N) is 1. The van der Waals surface area contributed by atoms with Crippen LogP contribution in [0.1, 0.15) is 12.1 Å². The molecule has 1 aliphatic rings. The van der Waals surface area contributed by atoms with Gasteiger partial charge in [-0.2, -0.15) is 0 Å². The van der Waals surface area contributed by atoms with E-state index >= 15 is 0 Å². The highest BCUT2D eigenvalue weighted by atomic mass is 35.5. The highest BCUT2D eigenvalue weighted by molar-refractivity contribution is 7.90. The molecule has 1 atom stereocenters. The Labute approximate surface area is 161 Å². The third kappa shape index (κ3) is 2.99. The maximum absolute atomic E-state index is 13.3. The third-order valence-corrected chi connectivity index (χ3v) is 6.76. The van der Waals surface area contributed by atoms with E-state index in [2.05, 4.69) is 4.98 Å². The van der Waals surface area contributed by atoms with E-state index in [1.54, 1.807) is 35.2 Å². The Hall–Kier alpha value is -2.42. The molecule has 0 radical (unpaired) electrons. The number of carbonyl (C=O) groups is 1. The molecule has 0 bridgehead atoms. The first-order valence-corrected chi connectivity index (χ1v) is 10.2. The van der Waals surface area contributed by atoms with Crippen molar-refractivity contribution in [2.75, 3.05) is 6.54 Å². The SMILES string of the molecule is NC1CCN(Cc2cc3c(Cl)nccc3n2S(=O)(=O)c2ccccc2)C1=O. The van der Waals surface area contributed by atoms with Gasteiger partial charge in [-0.05, 0) is 30.7 Å². The Balaban J connectivity index is 1.90. The van der Waals surface area contributed by atoms with Crippen LogP contribution in [0.3, 0.4) is 0 Å². The monoisotopic (exact) mass is 404 g/mol. The van der Waals surface area contributed by atoms with Crippen molar-refractivity contribution in [1.29, 1.82) is 0 Å². The van der Waals surface area contributed by atoms with Crippen LogP contribution in [0, 0.1) is 0 Å². The summed E-state index contributed by atoms with van der Waals surface area (Å²) < 4.78 is 27.9. The molecule has 27 heavy (non-hydrogen) atoms. The summed E-state index contributed by atoms with van der Waals surface area (Å²) in [6.45, 7) is 0.614. The molecule has 7 nitrogen and oxygen atoms in total. The minimum atomic E-state index is -3.88. The molecule has 140 valence electrons. The average molecular weight is 405 g/mol. The summed E-state index contributed by atoms with van der Waals surface area (Å²) in [6, 6.07) is 10.9. The molecule has 0 saturated carbocycles. The topological polar surface area (TPSA) is 98.3 Å². The van der Waals surface area contributed by atoms with Crippen LogP contribution in [0.2, 0.25) is 5.15 Å². The van der Waals surface area contributed by atoms with Gasteiger partial charge in [0.2, 0.25) is 5.91 Å². The number of fused-ring (bicyclic) bond motifs is 1. The molecule has 3 aromatic rings. The summed E-state index contributed by atoms with van der Waals surface area (Å²) in [5.74, 6) is -0.187. The van der Waals surface area contributed by atoms with Crippen LogP contribution in [0.15, 0.2) is 53.6 Å². The number of likely N-dealkylation sites (tertiary alicyclic amines) is 1. The number of pyridine rings is 1. The number of nitrogens with zero attached hydrogens (tertiary/aromatic N) is 3. The summed E-state index contributed by atoms with van der Waals surface area (Å²) in [7, 11) is -3.88. The van der Waals surface area contributed by atoms with E-state index in [0.29, 0.717) is 29.6 Å². The van der Waals surface area contributed by atoms with Crippen molar-refractivity contribution in [2.45, 2.75) is 23.9 Å².